The zero-order chi connectivity index (χ0) is 11.4. The summed E-state index contributed by atoms with van der Waals surface area (Å²) in [6.45, 7) is 4.88. The van der Waals surface area contributed by atoms with Gasteiger partial charge in [0, 0.05) is 18.7 Å². The highest BCUT2D eigenvalue weighted by atomic mass is 16.4. The van der Waals surface area contributed by atoms with E-state index in [0.717, 1.165) is 17.9 Å². The first-order valence-electron chi connectivity index (χ1n) is 4.95. The minimum absolute atomic E-state index is 0.345. The minimum atomic E-state index is -0.759. The Balaban J connectivity index is 2.46. The van der Waals surface area contributed by atoms with E-state index in [1.807, 2.05) is 24.9 Å². The summed E-state index contributed by atoms with van der Waals surface area (Å²) in [4.78, 5) is 12.6. The van der Waals surface area contributed by atoms with E-state index in [1.54, 1.807) is 13.2 Å². The maximum atomic E-state index is 10.7. The summed E-state index contributed by atoms with van der Waals surface area (Å²) >= 11 is 0. The summed E-state index contributed by atoms with van der Waals surface area (Å²) in [6.07, 6.45) is 1.65. The number of hydrogen-bond acceptors (Lipinski definition) is 3. The van der Waals surface area contributed by atoms with Gasteiger partial charge in [-0.15, -0.1) is 0 Å². The molecule has 0 radical (unpaired) electrons. The molecule has 1 aromatic rings. The molecule has 4 heteroatoms. The molecule has 0 aliphatic rings. The highest BCUT2D eigenvalue weighted by Crippen LogP contribution is 2.11. The number of hydrogen-bond donors (Lipinski definition) is 1. The molecule has 0 bridgehead atoms. The second-order valence-electron chi connectivity index (χ2n) is 3.94. The Morgan fingerprint density at radius 1 is 1.67 bits per heavy atom. The number of aliphatic carboxylic acids is 1. The van der Waals surface area contributed by atoms with E-state index in [4.69, 9.17) is 9.52 Å². The van der Waals surface area contributed by atoms with Crippen LogP contribution in [0.1, 0.15) is 18.2 Å². The van der Waals surface area contributed by atoms with Crippen LogP contribution in [0.3, 0.4) is 0 Å². The van der Waals surface area contributed by atoms with Crippen molar-refractivity contribution in [3.8, 4) is 0 Å². The van der Waals surface area contributed by atoms with Gasteiger partial charge in [0.05, 0.1) is 12.2 Å². The molecule has 1 atom stereocenters. The molecular formula is C11H17NO3. The fourth-order valence-electron chi connectivity index (χ4n) is 1.48. The summed E-state index contributed by atoms with van der Waals surface area (Å²) in [6, 6.07) is 1.91. The number of furan rings is 1. The van der Waals surface area contributed by atoms with Crippen LogP contribution in [0.5, 0.6) is 0 Å². The highest BCUT2D eigenvalue weighted by Gasteiger charge is 2.14. The average molecular weight is 211 g/mol. The van der Waals surface area contributed by atoms with Crippen molar-refractivity contribution < 1.29 is 14.3 Å². The summed E-state index contributed by atoms with van der Waals surface area (Å²) < 4.78 is 5.17. The molecule has 1 aromatic heterocycles. The molecule has 0 saturated carbocycles. The molecule has 1 heterocycles. The molecule has 0 amide bonds. The summed E-state index contributed by atoms with van der Waals surface area (Å²) in [5, 5.41) is 8.77. The predicted octanol–water partition coefficient (Wildman–Crippen LogP) is 1.74. The Labute approximate surface area is 89.5 Å². The lowest BCUT2D eigenvalue weighted by Gasteiger charge is -2.18. The number of carboxylic acid groups (broad SMARTS) is 1. The third-order valence-corrected chi connectivity index (χ3v) is 2.41. The fraction of sp³-hybridized carbons (Fsp3) is 0.545. The number of aryl methyl sites for hydroxylation is 1. The van der Waals surface area contributed by atoms with Gasteiger partial charge in [0.15, 0.2) is 0 Å². The van der Waals surface area contributed by atoms with E-state index in [1.165, 1.54) is 0 Å². The van der Waals surface area contributed by atoms with Crippen LogP contribution in [0.4, 0.5) is 0 Å². The van der Waals surface area contributed by atoms with Gasteiger partial charge in [-0.2, -0.15) is 0 Å². The third kappa shape index (κ3) is 3.40. The van der Waals surface area contributed by atoms with Crippen LogP contribution in [-0.2, 0) is 11.3 Å². The van der Waals surface area contributed by atoms with Gasteiger partial charge in [-0.05, 0) is 20.0 Å². The number of nitrogens with zero attached hydrogens (tertiary/aromatic N) is 1. The topological polar surface area (TPSA) is 53.7 Å². The van der Waals surface area contributed by atoms with Crippen molar-refractivity contribution >= 4 is 5.97 Å². The number of carboxylic acids is 1. The second-order valence-corrected chi connectivity index (χ2v) is 3.94. The minimum Gasteiger partial charge on any atom is -0.481 e. The fourth-order valence-corrected chi connectivity index (χ4v) is 1.48. The Morgan fingerprint density at radius 3 is 2.80 bits per heavy atom. The largest absolute Gasteiger partial charge is 0.481 e. The van der Waals surface area contributed by atoms with Crippen LogP contribution in [0.25, 0.3) is 0 Å². The van der Waals surface area contributed by atoms with Crippen LogP contribution in [0.15, 0.2) is 16.7 Å². The standard InChI is InChI=1S/C11H17NO3/c1-8(11(13)14)6-12(3)7-10-4-5-15-9(10)2/h4-5,8H,6-7H2,1-3H3,(H,13,14). The monoisotopic (exact) mass is 211 g/mol. The van der Waals surface area contributed by atoms with Crippen molar-refractivity contribution in [2.75, 3.05) is 13.6 Å². The molecule has 84 valence electrons. The van der Waals surface area contributed by atoms with Crippen LogP contribution >= 0.6 is 0 Å². The Morgan fingerprint density at radius 2 is 2.33 bits per heavy atom. The van der Waals surface area contributed by atoms with Crippen LogP contribution in [0.2, 0.25) is 0 Å². The lowest BCUT2D eigenvalue weighted by atomic mass is 10.1. The molecule has 0 aromatic carbocycles. The van der Waals surface area contributed by atoms with Crippen molar-refractivity contribution in [1.82, 2.24) is 4.90 Å². The van der Waals surface area contributed by atoms with E-state index >= 15 is 0 Å². The van der Waals surface area contributed by atoms with Crippen molar-refractivity contribution in [2.24, 2.45) is 5.92 Å². The molecule has 0 spiro atoms. The van der Waals surface area contributed by atoms with Gasteiger partial charge in [-0.25, -0.2) is 0 Å². The zero-order valence-electron chi connectivity index (χ0n) is 9.36. The average Bonchev–Trinajstić information content (AvgIpc) is 2.51. The molecule has 1 rings (SSSR count). The van der Waals surface area contributed by atoms with Crippen LogP contribution in [0, 0.1) is 12.8 Å². The molecular weight excluding hydrogens is 194 g/mol. The van der Waals surface area contributed by atoms with Gasteiger partial charge in [0.1, 0.15) is 5.76 Å². The molecule has 1 N–H and O–H groups in total. The summed E-state index contributed by atoms with van der Waals surface area (Å²) in [5.41, 5.74) is 1.11. The molecule has 0 fully saturated rings. The highest BCUT2D eigenvalue weighted by molar-refractivity contribution is 5.69. The maximum absolute atomic E-state index is 10.7. The first kappa shape index (κ1) is 11.8. The normalized spacial score (nSPS) is 13.1. The molecule has 0 aliphatic heterocycles. The smallest absolute Gasteiger partial charge is 0.307 e. The van der Waals surface area contributed by atoms with Crippen molar-refractivity contribution in [3.63, 3.8) is 0 Å². The summed E-state index contributed by atoms with van der Waals surface area (Å²) in [5.74, 6) is -0.210. The maximum Gasteiger partial charge on any atom is 0.307 e. The second kappa shape index (κ2) is 4.98. The number of carbonyl (C=O) groups is 1. The lowest BCUT2D eigenvalue weighted by Crippen LogP contribution is -2.28. The van der Waals surface area contributed by atoms with Gasteiger partial charge < -0.3 is 14.4 Å². The molecule has 0 aliphatic carbocycles. The van der Waals surface area contributed by atoms with Crippen molar-refractivity contribution in [3.05, 3.63) is 23.7 Å². The van der Waals surface area contributed by atoms with E-state index < -0.39 is 5.97 Å². The van der Waals surface area contributed by atoms with Gasteiger partial charge in [-0.3, -0.25) is 4.79 Å². The van der Waals surface area contributed by atoms with Gasteiger partial charge in [0.2, 0.25) is 0 Å². The van der Waals surface area contributed by atoms with Crippen molar-refractivity contribution in [1.29, 1.82) is 0 Å². The summed E-state index contributed by atoms with van der Waals surface area (Å²) in [7, 11) is 1.91. The third-order valence-electron chi connectivity index (χ3n) is 2.41. The van der Waals surface area contributed by atoms with Crippen LogP contribution in [-0.4, -0.2) is 29.6 Å². The van der Waals surface area contributed by atoms with E-state index in [2.05, 4.69) is 0 Å². The van der Waals surface area contributed by atoms with Crippen molar-refractivity contribution in [2.45, 2.75) is 20.4 Å². The van der Waals surface area contributed by atoms with Crippen LogP contribution < -0.4 is 0 Å². The molecule has 0 saturated heterocycles. The first-order chi connectivity index (χ1) is 7.00. The Bertz CT molecular complexity index is 332. The van der Waals surface area contributed by atoms with E-state index in [9.17, 15) is 4.79 Å². The Hall–Kier alpha value is -1.29. The zero-order valence-corrected chi connectivity index (χ0v) is 9.36. The van der Waals surface area contributed by atoms with E-state index in [0.29, 0.717) is 6.54 Å². The van der Waals surface area contributed by atoms with Gasteiger partial charge >= 0.3 is 5.97 Å². The first-order valence-corrected chi connectivity index (χ1v) is 4.95. The quantitative estimate of drug-likeness (QED) is 0.806. The van der Waals surface area contributed by atoms with Gasteiger partial charge in [-0.1, -0.05) is 6.92 Å². The lowest BCUT2D eigenvalue weighted by molar-refractivity contribution is -0.141. The van der Waals surface area contributed by atoms with Gasteiger partial charge in [0.25, 0.3) is 0 Å². The molecule has 1 unspecified atom stereocenters. The predicted molar refractivity (Wildman–Crippen MR) is 56.6 cm³/mol. The SMILES string of the molecule is Cc1occc1CN(C)CC(C)C(=O)O. The van der Waals surface area contributed by atoms with E-state index in [-0.39, 0.29) is 5.92 Å². The molecule has 15 heavy (non-hydrogen) atoms. The molecule has 4 nitrogen and oxygen atoms in total. The Kier molecular flexibility index (Phi) is 3.91. The number of rotatable bonds is 5.